The van der Waals surface area contributed by atoms with Gasteiger partial charge in [0.2, 0.25) is 11.8 Å². The summed E-state index contributed by atoms with van der Waals surface area (Å²) < 4.78 is 49.5. The van der Waals surface area contributed by atoms with Gasteiger partial charge in [-0.2, -0.15) is 18.3 Å². The van der Waals surface area contributed by atoms with E-state index in [1.807, 2.05) is 13.8 Å². The normalized spacial score (nSPS) is 15.8. The molecule has 1 saturated heterocycles. The minimum Gasteiger partial charge on any atom is -0.477 e. The molecule has 218 valence electrons. The highest BCUT2D eigenvalue weighted by Crippen LogP contribution is 2.33. The molecule has 1 aliphatic heterocycles. The number of imidazole rings is 1. The van der Waals surface area contributed by atoms with E-state index in [1.54, 1.807) is 13.1 Å². The van der Waals surface area contributed by atoms with Crippen molar-refractivity contribution in [2.24, 2.45) is 13.0 Å². The maximum atomic E-state index is 13.1. The Kier molecular flexibility index (Phi) is 7.49. The van der Waals surface area contributed by atoms with Gasteiger partial charge in [-0.3, -0.25) is 18.7 Å². The number of H-pyrrole nitrogens is 1. The van der Waals surface area contributed by atoms with E-state index in [4.69, 9.17) is 4.74 Å². The van der Waals surface area contributed by atoms with Gasteiger partial charge in [-0.05, 0) is 31.0 Å². The van der Waals surface area contributed by atoms with Gasteiger partial charge in [0.15, 0.2) is 11.5 Å². The Hall–Kier alpha value is -4.36. The third-order valence-corrected chi connectivity index (χ3v) is 6.99. The lowest BCUT2D eigenvalue weighted by Gasteiger charge is -2.18. The summed E-state index contributed by atoms with van der Waals surface area (Å²) in [5.41, 5.74) is -0.596. The zero-order valence-corrected chi connectivity index (χ0v) is 22.9. The average Bonchev–Trinajstić information content (AvgIpc) is 3.64. The largest absolute Gasteiger partial charge is 0.477 e. The summed E-state index contributed by atoms with van der Waals surface area (Å²) in [6.45, 7) is 4.87. The van der Waals surface area contributed by atoms with Crippen molar-refractivity contribution in [2.75, 3.05) is 18.1 Å². The summed E-state index contributed by atoms with van der Waals surface area (Å²) in [7, 11) is 1.66. The van der Waals surface area contributed by atoms with Crippen molar-refractivity contribution in [1.29, 1.82) is 0 Å². The fourth-order valence-electron chi connectivity index (χ4n) is 5.03. The van der Waals surface area contributed by atoms with Crippen molar-refractivity contribution < 1.29 is 22.7 Å². The molecule has 4 heterocycles. The number of aromatic amines is 1. The third-order valence-electron chi connectivity index (χ3n) is 6.99. The summed E-state index contributed by atoms with van der Waals surface area (Å²) in [6.07, 6.45) is -3.07. The van der Waals surface area contributed by atoms with Crippen molar-refractivity contribution in [1.82, 2.24) is 28.9 Å². The highest BCUT2D eigenvalue weighted by molar-refractivity contribution is 5.95. The molecule has 1 aromatic carbocycles. The van der Waals surface area contributed by atoms with Crippen molar-refractivity contribution in [3.63, 3.8) is 0 Å². The van der Waals surface area contributed by atoms with Crippen LogP contribution in [0.5, 0.6) is 5.88 Å². The average molecular weight is 574 g/mol. The van der Waals surface area contributed by atoms with Crippen LogP contribution in [0.15, 0.2) is 39.9 Å². The Morgan fingerprint density at radius 1 is 1.07 bits per heavy atom. The number of rotatable bonds is 9. The first kappa shape index (κ1) is 28.2. The number of aromatic nitrogens is 6. The van der Waals surface area contributed by atoms with E-state index in [1.165, 1.54) is 30.8 Å². The van der Waals surface area contributed by atoms with Crippen LogP contribution in [0.1, 0.15) is 38.7 Å². The molecule has 41 heavy (non-hydrogen) atoms. The number of aryl methyl sites for hydroxylation is 2. The molecule has 3 aromatic heterocycles. The van der Waals surface area contributed by atoms with Crippen LogP contribution in [-0.2, 0) is 31.1 Å². The van der Waals surface area contributed by atoms with Crippen LogP contribution >= 0.6 is 0 Å². The number of alkyl halides is 3. The molecular weight excluding hydrogens is 543 g/mol. The first-order valence-electron chi connectivity index (χ1n) is 13.4. The van der Waals surface area contributed by atoms with Crippen LogP contribution in [0, 0.1) is 5.92 Å². The van der Waals surface area contributed by atoms with Crippen molar-refractivity contribution in [3.8, 4) is 17.4 Å². The van der Waals surface area contributed by atoms with E-state index < -0.39 is 23.0 Å². The predicted molar refractivity (Wildman–Crippen MR) is 145 cm³/mol. The number of halogens is 3. The molecule has 1 N–H and O–H groups in total. The molecule has 0 bridgehead atoms. The molecule has 5 rings (SSSR count). The Balaban J connectivity index is 1.34. The summed E-state index contributed by atoms with van der Waals surface area (Å²) in [5.74, 6) is 0.146. The Morgan fingerprint density at radius 2 is 1.80 bits per heavy atom. The number of carbonyl (C=O) groups is 1. The molecule has 0 radical (unpaired) electrons. The zero-order chi connectivity index (χ0) is 29.5. The molecule has 0 spiro atoms. The van der Waals surface area contributed by atoms with Crippen LogP contribution in [0.4, 0.5) is 18.9 Å². The maximum Gasteiger partial charge on any atom is 0.416 e. The van der Waals surface area contributed by atoms with Gasteiger partial charge in [0.1, 0.15) is 11.2 Å². The second-order valence-corrected chi connectivity index (χ2v) is 10.1. The molecular formula is C27H30F3N7O4. The smallest absolute Gasteiger partial charge is 0.416 e. The van der Waals surface area contributed by atoms with Crippen LogP contribution in [0.3, 0.4) is 0 Å². The van der Waals surface area contributed by atoms with E-state index in [2.05, 4.69) is 15.1 Å². The van der Waals surface area contributed by atoms with Gasteiger partial charge in [0.05, 0.1) is 12.2 Å². The van der Waals surface area contributed by atoms with Gasteiger partial charge in [-0.1, -0.05) is 19.9 Å². The van der Waals surface area contributed by atoms with Gasteiger partial charge >= 0.3 is 11.9 Å². The molecule has 1 amide bonds. The summed E-state index contributed by atoms with van der Waals surface area (Å²) in [5, 5.41) is 4.44. The molecule has 0 aliphatic carbocycles. The van der Waals surface area contributed by atoms with Gasteiger partial charge < -0.3 is 14.6 Å². The molecule has 1 unspecified atom stereocenters. The van der Waals surface area contributed by atoms with Crippen LogP contribution in [0.2, 0.25) is 0 Å². The standard InChI is InChI=1S/C27H30F3N7O4/c1-4-9-35-24-22(25(39)36(10-5-2)26(35)40)31-23(32-24)19-13-21(34(3)33-19)41-15-16-11-20(38)37(14-16)18-8-6-7-17(12-18)27(28,29)30/h6-8,12-13,16H,4-5,9-11,14-15H2,1-3H3,(H,31,32). The summed E-state index contributed by atoms with van der Waals surface area (Å²) in [6, 6.07) is 6.33. The lowest BCUT2D eigenvalue weighted by atomic mass is 10.1. The quantitative estimate of drug-likeness (QED) is 0.327. The lowest BCUT2D eigenvalue weighted by molar-refractivity contribution is -0.137. The number of fused-ring (bicyclic) bond motifs is 1. The van der Waals surface area contributed by atoms with Crippen molar-refractivity contribution in [3.05, 3.63) is 56.7 Å². The summed E-state index contributed by atoms with van der Waals surface area (Å²) >= 11 is 0. The van der Waals surface area contributed by atoms with Crippen LogP contribution in [-0.4, -0.2) is 47.9 Å². The van der Waals surface area contributed by atoms with Gasteiger partial charge in [0, 0.05) is 50.8 Å². The number of hydrogen-bond acceptors (Lipinski definition) is 6. The molecule has 14 heteroatoms. The molecule has 11 nitrogen and oxygen atoms in total. The fourth-order valence-corrected chi connectivity index (χ4v) is 5.03. The number of nitrogens with one attached hydrogen (secondary N) is 1. The van der Waals surface area contributed by atoms with Gasteiger partial charge in [-0.25, -0.2) is 14.5 Å². The number of anilines is 1. The van der Waals surface area contributed by atoms with E-state index in [-0.39, 0.29) is 48.2 Å². The second-order valence-electron chi connectivity index (χ2n) is 10.1. The second kappa shape index (κ2) is 10.9. The maximum absolute atomic E-state index is 13.1. The van der Waals surface area contributed by atoms with Crippen LogP contribution in [0.25, 0.3) is 22.7 Å². The minimum absolute atomic E-state index is 0.128. The number of nitrogens with zero attached hydrogens (tertiary/aromatic N) is 6. The number of benzene rings is 1. The Labute approximate surface area is 232 Å². The fraction of sp³-hybridized carbons (Fsp3) is 0.444. The lowest BCUT2D eigenvalue weighted by Crippen LogP contribution is -2.40. The zero-order valence-electron chi connectivity index (χ0n) is 22.9. The van der Waals surface area contributed by atoms with E-state index >= 15 is 0 Å². The Morgan fingerprint density at radius 3 is 2.51 bits per heavy atom. The molecule has 1 atom stereocenters. The van der Waals surface area contributed by atoms with Gasteiger partial charge in [-0.15, -0.1) is 0 Å². The summed E-state index contributed by atoms with van der Waals surface area (Å²) in [4.78, 5) is 47.5. The molecule has 4 aromatic rings. The monoisotopic (exact) mass is 573 g/mol. The molecule has 0 saturated carbocycles. The van der Waals surface area contributed by atoms with Crippen LogP contribution < -0.4 is 20.9 Å². The first-order valence-corrected chi connectivity index (χ1v) is 13.4. The van der Waals surface area contributed by atoms with E-state index in [9.17, 15) is 27.6 Å². The Bertz CT molecular complexity index is 1720. The number of carbonyl (C=O) groups excluding carboxylic acids is 1. The number of hydrogen-bond donors (Lipinski definition) is 1. The molecule has 1 fully saturated rings. The predicted octanol–water partition coefficient (Wildman–Crippen LogP) is 3.56. The van der Waals surface area contributed by atoms with Crippen molar-refractivity contribution in [2.45, 2.75) is 52.4 Å². The van der Waals surface area contributed by atoms with Gasteiger partial charge in [0.25, 0.3) is 5.56 Å². The van der Waals surface area contributed by atoms with E-state index in [0.29, 0.717) is 43.3 Å². The minimum atomic E-state index is -4.50. The number of ether oxygens (including phenoxy) is 1. The highest BCUT2D eigenvalue weighted by Gasteiger charge is 2.34. The SMILES string of the molecule is CCCn1c(=O)c2[nH]c(-c3cc(OCC4CC(=O)N(c5cccc(C(F)(F)F)c5)C4)n(C)n3)nc2n(CCC)c1=O. The van der Waals surface area contributed by atoms with Crippen molar-refractivity contribution >= 4 is 22.8 Å². The number of amides is 1. The first-order chi connectivity index (χ1) is 19.5. The highest BCUT2D eigenvalue weighted by atomic mass is 19.4. The van der Waals surface area contributed by atoms with E-state index in [0.717, 1.165) is 12.1 Å². The molecule has 1 aliphatic rings. The third kappa shape index (κ3) is 5.37. The topological polar surface area (TPSA) is 120 Å².